The minimum Gasteiger partial charge on any atom is -0.367 e. The number of aryl methyl sites for hydroxylation is 1. The van der Waals surface area contributed by atoms with E-state index in [-0.39, 0.29) is 11.7 Å². The Kier molecular flexibility index (Phi) is 5.51. The minimum atomic E-state index is -4.41. The van der Waals surface area contributed by atoms with Gasteiger partial charge in [-0.2, -0.15) is 13.2 Å². The number of nitrogens with one attached hydrogen (secondary N) is 1. The second-order valence-electron chi connectivity index (χ2n) is 6.38. The number of anilines is 2. The number of benzene rings is 2. The van der Waals surface area contributed by atoms with Crippen LogP contribution in [0.4, 0.5) is 29.3 Å². The fourth-order valence-corrected chi connectivity index (χ4v) is 3.33. The van der Waals surface area contributed by atoms with Gasteiger partial charge in [-0.05, 0) is 42.8 Å². The van der Waals surface area contributed by atoms with Gasteiger partial charge in [0.2, 0.25) is 0 Å². The first-order valence-corrected chi connectivity index (χ1v) is 8.87. The Hall–Kier alpha value is -2.41. The van der Waals surface area contributed by atoms with E-state index < -0.39 is 11.7 Å². The zero-order valence-electron chi connectivity index (χ0n) is 14.7. The summed E-state index contributed by atoms with van der Waals surface area (Å²) in [7, 11) is 0. The molecule has 0 spiro atoms. The van der Waals surface area contributed by atoms with Crippen LogP contribution >= 0.6 is 11.6 Å². The summed E-state index contributed by atoms with van der Waals surface area (Å²) in [6, 6.07) is 10.4. The molecule has 1 N–H and O–H groups in total. The number of nitrogens with zero attached hydrogens (tertiary/aromatic N) is 2. The summed E-state index contributed by atoms with van der Waals surface area (Å²) in [6.45, 7) is 3.18. The van der Waals surface area contributed by atoms with Crippen molar-refractivity contribution in [3.8, 4) is 0 Å². The first-order chi connectivity index (χ1) is 12.8. The van der Waals surface area contributed by atoms with E-state index in [1.807, 2.05) is 6.92 Å². The molecule has 1 aliphatic rings. The van der Waals surface area contributed by atoms with E-state index in [1.165, 1.54) is 12.1 Å². The topological polar surface area (TPSA) is 35.6 Å². The lowest BCUT2D eigenvalue weighted by Gasteiger charge is -2.37. The molecule has 8 heteroatoms. The van der Waals surface area contributed by atoms with Gasteiger partial charge in [0.15, 0.2) is 0 Å². The molecule has 0 saturated carbocycles. The van der Waals surface area contributed by atoms with Crippen molar-refractivity contribution >= 4 is 29.0 Å². The summed E-state index contributed by atoms with van der Waals surface area (Å²) < 4.78 is 39.6. The van der Waals surface area contributed by atoms with Crippen LogP contribution in [0.2, 0.25) is 5.02 Å². The van der Waals surface area contributed by atoms with Crippen LogP contribution in [0.15, 0.2) is 42.5 Å². The van der Waals surface area contributed by atoms with E-state index >= 15 is 0 Å². The molecule has 1 fully saturated rings. The molecule has 27 heavy (non-hydrogen) atoms. The number of hydrogen-bond donors (Lipinski definition) is 1. The Balaban J connectivity index is 1.65. The lowest BCUT2D eigenvalue weighted by molar-refractivity contribution is -0.137. The molecule has 1 heterocycles. The monoisotopic (exact) mass is 397 g/mol. The average Bonchev–Trinajstić information content (AvgIpc) is 2.63. The number of urea groups is 1. The first kappa shape index (κ1) is 19.4. The molecule has 2 aromatic carbocycles. The highest BCUT2D eigenvalue weighted by molar-refractivity contribution is 6.30. The smallest absolute Gasteiger partial charge is 0.367 e. The zero-order chi connectivity index (χ0) is 19.6. The predicted molar refractivity (Wildman–Crippen MR) is 100 cm³/mol. The Bertz CT molecular complexity index is 833. The van der Waals surface area contributed by atoms with Gasteiger partial charge in [0.1, 0.15) is 0 Å². The maximum absolute atomic E-state index is 13.2. The van der Waals surface area contributed by atoms with Crippen molar-refractivity contribution in [3.05, 3.63) is 58.6 Å². The predicted octanol–water partition coefficient (Wildman–Crippen LogP) is 5.02. The van der Waals surface area contributed by atoms with Crippen LogP contribution in [0.25, 0.3) is 0 Å². The Labute approximate surface area is 160 Å². The van der Waals surface area contributed by atoms with E-state index in [9.17, 15) is 18.0 Å². The third-order valence-electron chi connectivity index (χ3n) is 4.55. The Morgan fingerprint density at radius 2 is 1.74 bits per heavy atom. The summed E-state index contributed by atoms with van der Waals surface area (Å²) in [6.07, 6.45) is -4.41. The maximum Gasteiger partial charge on any atom is 0.418 e. The van der Waals surface area contributed by atoms with Crippen molar-refractivity contribution in [3.63, 3.8) is 0 Å². The van der Waals surface area contributed by atoms with E-state index in [2.05, 4.69) is 5.32 Å². The number of rotatable bonds is 2. The summed E-state index contributed by atoms with van der Waals surface area (Å²) in [5, 5.41) is 3.41. The molecule has 0 atom stereocenters. The third kappa shape index (κ3) is 4.47. The van der Waals surface area contributed by atoms with Gasteiger partial charge in [-0.1, -0.05) is 23.7 Å². The molecule has 3 rings (SSSR count). The summed E-state index contributed by atoms with van der Waals surface area (Å²) in [5.41, 5.74) is 1.00. The van der Waals surface area contributed by atoms with Crippen molar-refractivity contribution in [2.45, 2.75) is 13.1 Å². The minimum absolute atomic E-state index is 0.151. The highest BCUT2D eigenvalue weighted by atomic mass is 35.5. The zero-order valence-corrected chi connectivity index (χ0v) is 15.4. The lowest BCUT2D eigenvalue weighted by Crippen LogP contribution is -2.50. The molecular formula is C19H19ClF3N3O. The van der Waals surface area contributed by atoms with Crippen molar-refractivity contribution in [1.29, 1.82) is 0 Å². The normalized spacial score (nSPS) is 15.0. The van der Waals surface area contributed by atoms with E-state index in [0.717, 1.165) is 11.6 Å². The van der Waals surface area contributed by atoms with E-state index in [4.69, 9.17) is 11.6 Å². The molecule has 0 aromatic heterocycles. The molecule has 0 radical (unpaired) electrons. The number of carbonyl (C=O) groups excluding carboxylic acids is 1. The largest absolute Gasteiger partial charge is 0.418 e. The van der Waals surface area contributed by atoms with Gasteiger partial charge in [0.05, 0.1) is 5.56 Å². The fraction of sp³-hybridized carbons (Fsp3) is 0.316. The fourth-order valence-electron chi connectivity index (χ4n) is 3.10. The molecule has 0 aliphatic carbocycles. The second kappa shape index (κ2) is 7.68. The van der Waals surface area contributed by atoms with Gasteiger partial charge in [0, 0.05) is 42.6 Å². The molecule has 4 nitrogen and oxygen atoms in total. The summed E-state index contributed by atoms with van der Waals surface area (Å²) in [4.78, 5) is 15.7. The van der Waals surface area contributed by atoms with Gasteiger partial charge in [-0.15, -0.1) is 0 Å². The SMILES string of the molecule is Cc1cc(Cl)ccc1NC(=O)N1CCN(c2ccccc2C(F)(F)F)CC1. The molecule has 1 aliphatic heterocycles. The number of hydrogen-bond acceptors (Lipinski definition) is 2. The number of piperazine rings is 1. The van der Waals surface area contributed by atoms with Gasteiger partial charge in [0.25, 0.3) is 0 Å². The van der Waals surface area contributed by atoms with Crippen LogP contribution < -0.4 is 10.2 Å². The molecular weight excluding hydrogens is 379 g/mol. The van der Waals surface area contributed by atoms with Gasteiger partial charge >= 0.3 is 12.2 Å². The number of amides is 2. The Morgan fingerprint density at radius 3 is 2.37 bits per heavy atom. The van der Waals surface area contributed by atoms with Crippen molar-refractivity contribution < 1.29 is 18.0 Å². The average molecular weight is 398 g/mol. The van der Waals surface area contributed by atoms with Crippen LogP contribution in [-0.2, 0) is 6.18 Å². The molecule has 0 bridgehead atoms. The molecule has 1 saturated heterocycles. The van der Waals surface area contributed by atoms with Crippen molar-refractivity contribution in [2.75, 3.05) is 36.4 Å². The van der Waals surface area contributed by atoms with Crippen LogP contribution in [0.5, 0.6) is 0 Å². The summed E-state index contributed by atoms with van der Waals surface area (Å²) >= 11 is 5.91. The van der Waals surface area contributed by atoms with Gasteiger partial charge < -0.3 is 15.1 Å². The number of halogens is 4. The van der Waals surface area contributed by atoms with E-state index in [1.54, 1.807) is 34.1 Å². The third-order valence-corrected chi connectivity index (χ3v) is 4.78. The highest BCUT2D eigenvalue weighted by Crippen LogP contribution is 2.36. The van der Waals surface area contributed by atoms with Crippen LogP contribution in [-0.4, -0.2) is 37.1 Å². The molecule has 2 amide bonds. The lowest BCUT2D eigenvalue weighted by atomic mass is 10.1. The summed E-state index contributed by atoms with van der Waals surface area (Å²) in [5.74, 6) is 0. The number of alkyl halides is 3. The Morgan fingerprint density at radius 1 is 1.07 bits per heavy atom. The molecule has 2 aromatic rings. The number of para-hydroxylation sites is 1. The van der Waals surface area contributed by atoms with Crippen molar-refractivity contribution in [2.24, 2.45) is 0 Å². The first-order valence-electron chi connectivity index (χ1n) is 8.49. The molecule has 144 valence electrons. The van der Waals surface area contributed by atoms with Gasteiger partial charge in [-0.3, -0.25) is 0 Å². The van der Waals surface area contributed by atoms with Crippen LogP contribution in [0, 0.1) is 6.92 Å². The molecule has 0 unspecified atom stereocenters. The van der Waals surface area contributed by atoms with Gasteiger partial charge in [-0.25, -0.2) is 4.79 Å². The quantitative estimate of drug-likeness (QED) is 0.772. The second-order valence-corrected chi connectivity index (χ2v) is 6.81. The maximum atomic E-state index is 13.2. The standard InChI is InChI=1S/C19H19ClF3N3O/c1-13-12-14(20)6-7-16(13)24-18(27)26-10-8-25(9-11-26)17-5-3-2-4-15(17)19(21,22)23/h2-7,12H,8-11H2,1H3,(H,24,27). The van der Waals surface area contributed by atoms with Crippen LogP contribution in [0.1, 0.15) is 11.1 Å². The number of carbonyl (C=O) groups is 1. The van der Waals surface area contributed by atoms with Crippen molar-refractivity contribution in [1.82, 2.24) is 4.90 Å². The highest BCUT2D eigenvalue weighted by Gasteiger charge is 2.35. The van der Waals surface area contributed by atoms with E-state index in [0.29, 0.717) is 36.9 Å². The van der Waals surface area contributed by atoms with Crippen LogP contribution in [0.3, 0.4) is 0 Å².